The third-order valence-corrected chi connectivity index (χ3v) is 4.33. The van der Waals surface area contributed by atoms with Gasteiger partial charge in [-0.2, -0.15) is 0 Å². The van der Waals surface area contributed by atoms with Gasteiger partial charge in [0, 0.05) is 18.4 Å². The molecule has 0 saturated carbocycles. The van der Waals surface area contributed by atoms with E-state index in [9.17, 15) is 19.8 Å². The number of rotatable bonds is 7. The third kappa shape index (κ3) is 6.61. The molecule has 0 fully saturated rings. The van der Waals surface area contributed by atoms with Crippen molar-refractivity contribution in [2.24, 2.45) is 5.41 Å². The van der Waals surface area contributed by atoms with Gasteiger partial charge in [0.25, 0.3) is 0 Å². The first-order chi connectivity index (χ1) is 13.1. The molecule has 28 heavy (non-hydrogen) atoms. The zero-order valence-corrected chi connectivity index (χ0v) is 16.5. The molecule has 2 aromatic carbocycles. The molecule has 0 radical (unpaired) electrons. The van der Waals surface area contributed by atoms with E-state index < -0.39 is 11.5 Å². The Hall–Kier alpha value is -3.02. The van der Waals surface area contributed by atoms with Crippen LogP contribution in [-0.4, -0.2) is 34.6 Å². The van der Waals surface area contributed by atoms with Crippen LogP contribution in [0.5, 0.6) is 11.5 Å². The summed E-state index contributed by atoms with van der Waals surface area (Å²) in [4.78, 5) is 25.1. The second kappa shape index (κ2) is 9.26. The van der Waals surface area contributed by atoms with Gasteiger partial charge in [-0.25, -0.2) is 0 Å². The number of carbonyl (C=O) groups is 2. The van der Waals surface area contributed by atoms with Crippen LogP contribution >= 0.6 is 0 Å². The van der Waals surface area contributed by atoms with E-state index in [1.165, 1.54) is 0 Å². The van der Waals surface area contributed by atoms with E-state index in [1.54, 1.807) is 69.3 Å². The highest BCUT2D eigenvalue weighted by atomic mass is 16.3. The van der Waals surface area contributed by atoms with Crippen molar-refractivity contribution in [1.29, 1.82) is 0 Å². The maximum Gasteiger partial charge on any atom is 0.242 e. The zero-order valence-electron chi connectivity index (χ0n) is 16.5. The summed E-state index contributed by atoms with van der Waals surface area (Å²) in [5, 5.41) is 24.5. The Morgan fingerprint density at radius 2 is 1.39 bits per heavy atom. The Labute approximate surface area is 165 Å². The monoisotopic (exact) mass is 384 g/mol. The largest absolute Gasteiger partial charge is 0.508 e. The lowest BCUT2D eigenvalue weighted by molar-refractivity contribution is -0.133. The number of phenols is 2. The van der Waals surface area contributed by atoms with Crippen LogP contribution in [0.4, 0.5) is 0 Å². The van der Waals surface area contributed by atoms with Crippen molar-refractivity contribution in [2.45, 2.75) is 39.7 Å². The zero-order chi connectivity index (χ0) is 20.7. The number of amides is 2. The molecule has 1 atom stereocenters. The van der Waals surface area contributed by atoms with E-state index in [-0.39, 0.29) is 23.3 Å². The van der Waals surface area contributed by atoms with Crippen molar-refractivity contribution in [3.8, 4) is 11.5 Å². The molecule has 0 unspecified atom stereocenters. The normalized spacial score (nSPS) is 12.2. The molecule has 0 aliphatic rings. The summed E-state index contributed by atoms with van der Waals surface area (Å²) in [6, 6.07) is 12.7. The Bertz CT molecular complexity index is 793. The topological polar surface area (TPSA) is 98.7 Å². The van der Waals surface area contributed by atoms with Crippen molar-refractivity contribution >= 4 is 11.8 Å². The fourth-order valence-electron chi connectivity index (χ4n) is 2.57. The molecule has 150 valence electrons. The average Bonchev–Trinajstić information content (AvgIpc) is 2.63. The summed E-state index contributed by atoms with van der Waals surface area (Å²) >= 11 is 0. The summed E-state index contributed by atoms with van der Waals surface area (Å²) in [5.41, 5.74) is 1.22. The Morgan fingerprint density at radius 3 is 1.89 bits per heavy atom. The third-order valence-electron chi connectivity index (χ3n) is 4.33. The molecule has 4 N–H and O–H groups in total. The molecular formula is C22H28N2O4. The minimum absolute atomic E-state index is 0.150. The van der Waals surface area contributed by atoms with Crippen LogP contribution in [0.15, 0.2) is 48.5 Å². The van der Waals surface area contributed by atoms with E-state index in [4.69, 9.17) is 0 Å². The van der Waals surface area contributed by atoms with Crippen LogP contribution in [0.3, 0.4) is 0 Å². The predicted molar refractivity (Wildman–Crippen MR) is 108 cm³/mol. The highest BCUT2D eigenvalue weighted by Gasteiger charge is 2.27. The number of nitrogens with one attached hydrogen (secondary N) is 2. The van der Waals surface area contributed by atoms with Gasteiger partial charge in [0.15, 0.2) is 0 Å². The quantitative estimate of drug-likeness (QED) is 0.590. The molecule has 2 aromatic rings. The molecule has 0 saturated heterocycles. The highest BCUT2D eigenvalue weighted by Crippen LogP contribution is 2.15. The van der Waals surface area contributed by atoms with Gasteiger partial charge in [-0.15, -0.1) is 0 Å². The lowest BCUT2D eigenvalue weighted by Crippen LogP contribution is -2.51. The lowest BCUT2D eigenvalue weighted by Gasteiger charge is -2.24. The van der Waals surface area contributed by atoms with Crippen LogP contribution in [0, 0.1) is 5.41 Å². The molecule has 0 heterocycles. The minimum Gasteiger partial charge on any atom is -0.508 e. The van der Waals surface area contributed by atoms with Crippen molar-refractivity contribution < 1.29 is 19.8 Å². The van der Waals surface area contributed by atoms with Gasteiger partial charge in [0.05, 0.1) is 0 Å². The first kappa shape index (κ1) is 21.3. The molecular weight excluding hydrogens is 356 g/mol. The minimum atomic E-state index is -0.712. The van der Waals surface area contributed by atoms with Gasteiger partial charge in [0.2, 0.25) is 11.8 Å². The fourth-order valence-corrected chi connectivity index (χ4v) is 2.57. The SMILES string of the molecule is CC(C)(C)C(=O)N[C@@H](Cc1ccc(O)cc1)C(=O)NCCc1ccc(O)cc1. The summed E-state index contributed by atoms with van der Waals surface area (Å²) in [5.74, 6) is -0.113. The van der Waals surface area contributed by atoms with Crippen LogP contribution in [-0.2, 0) is 22.4 Å². The summed E-state index contributed by atoms with van der Waals surface area (Å²) < 4.78 is 0. The van der Waals surface area contributed by atoms with Gasteiger partial charge in [-0.1, -0.05) is 45.0 Å². The van der Waals surface area contributed by atoms with Crippen molar-refractivity contribution in [2.75, 3.05) is 6.54 Å². The van der Waals surface area contributed by atoms with Gasteiger partial charge in [-0.05, 0) is 41.8 Å². The molecule has 0 aromatic heterocycles. The second-order valence-electron chi connectivity index (χ2n) is 7.85. The van der Waals surface area contributed by atoms with Crippen LogP contribution in [0.25, 0.3) is 0 Å². The summed E-state index contributed by atoms with van der Waals surface area (Å²) in [6.45, 7) is 5.80. The molecule has 0 aliphatic carbocycles. The predicted octanol–water partition coefficient (Wildman–Crippen LogP) is 2.53. The average molecular weight is 384 g/mol. The number of hydrogen-bond acceptors (Lipinski definition) is 4. The van der Waals surface area contributed by atoms with Crippen molar-refractivity contribution in [3.05, 3.63) is 59.7 Å². The second-order valence-corrected chi connectivity index (χ2v) is 7.85. The number of benzene rings is 2. The number of hydrogen-bond donors (Lipinski definition) is 4. The fraction of sp³-hybridized carbons (Fsp3) is 0.364. The van der Waals surface area contributed by atoms with E-state index in [0.717, 1.165) is 11.1 Å². The van der Waals surface area contributed by atoms with Gasteiger partial charge < -0.3 is 20.8 Å². The molecule has 0 aliphatic heterocycles. The standard InChI is InChI=1S/C22H28N2O4/c1-22(2,3)21(28)24-19(14-16-6-10-18(26)11-7-16)20(27)23-13-12-15-4-8-17(25)9-5-15/h4-11,19,25-26H,12-14H2,1-3H3,(H,23,27)(H,24,28)/t19-/m0/s1. The Morgan fingerprint density at radius 1 is 0.893 bits per heavy atom. The first-order valence-electron chi connectivity index (χ1n) is 9.29. The van der Waals surface area contributed by atoms with Crippen LogP contribution in [0.2, 0.25) is 0 Å². The van der Waals surface area contributed by atoms with Crippen molar-refractivity contribution in [3.63, 3.8) is 0 Å². The number of phenolic OH excluding ortho intramolecular Hbond substituents is 2. The maximum absolute atomic E-state index is 12.7. The smallest absolute Gasteiger partial charge is 0.242 e. The highest BCUT2D eigenvalue weighted by molar-refractivity contribution is 5.89. The van der Waals surface area contributed by atoms with Crippen LogP contribution in [0.1, 0.15) is 31.9 Å². The molecule has 6 nitrogen and oxygen atoms in total. The van der Waals surface area contributed by atoms with Crippen molar-refractivity contribution in [1.82, 2.24) is 10.6 Å². The number of carbonyl (C=O) groups excluding carboxylic acids is 2. The van der Waals surface area contributed by atoms with Gasteiger partial charge >= 0.3 is 0 Å². The lowest BCUT2D eigenvalue weighted by atomic mass is 9.94. The summed E-state index contributed by atoms with van der Waals surface area (Å²) in [6.07, 6.45) is 0.943. The van der Waals surface area contributed by atoms with E-state index in [0.29, 0.717) is 19.4 Å². The first-order valence-corrected chi connectivity index (χ1v) is 9.29. The molecule has 2 amide bonds. The van der Waals surface area contributed by atoms with Gasteiger partial charge in [0.1, 0.15) is 17.5 Å². The van der Waals surface area contributed by atoms with E-state index >= 15 is 0 Å². The number of aromatic hydroxyl groups is 2. The Kier molecular flexibility index (Phi) is 7.04. The summed E-state index contributed by atoms with van der Waals surface area (Å²) in [7, 11) is 0. The molecule has 0 bridgehead atoms. The van der Waals surface area contributed by atoms with Gasteiger partial charge in [-0.3, -0.25) is 9.59 Å². The maximum atomic E-state index is 12.7. The Balaban J connectivity index is 2.01. The molecule has 6 heteroatoms. The van der Waals surface area contributed by atoms with Crippen LogP contribution < -0.4 is 10.6 Å². The molecule has 2 rings (SSSR count). The molecule has 0 spiro atoms. The van der Waals surface area contributed by atoms with E-state index in [2.05, 4.69) is 10.6 Å². The van der Waals surface area contributed by atoms with E-state index in [1.807, 2.05) is 0 Å².